The summed E-state index contributed by atoms with van der Waals surface area (Å²) < 4.78 is 62.4. The number of esters is 2. The number of nitrogens with zero attached hydrogens (tertiary/aromatic N) is 5. The van der Waals surface area contributed by atoms with E-state index in [1.54, 1.807) is 43.9 Å². The maximum absolute atomic E-state index is 13.6. The van der Waals surface area contributed by atoms with E-state index in [-0.39, 0.29) is 86.0 Å². The van der Waals surface area contributed by atoms with Crippen molar-refractivity contribution in [1.82, 2.24) is 15.1 Å². The van der Waals surface area contributed by atoms with Gasteiger partial charge < -0.3 is 60.9 Å². The van der Waals surface area contributed by atoms with E-state index in [1.807, 2.05) is 159 Å². The molecule has 4 atom stereocenters. The molecule has 26 heteroatoms. The molecule has 8 rings (SSSR count). The summed E-state index contributed by atoms with van der Waals surface area (Å²) in [4.78, 5) is 56.4. The smallest absolute Gasteiger partial charge is 0.870 e. The third-order valence-corrected chi connectivity index (χ3v) is 16.1. The fraction of sp³-hybridized carbons (Fsp3) is 0.333. The van der Waals surface area contributed by atoms with Gasteiger partial charge in [-0.3, -0.25) is 4.79 Å². The average molecular weight is 1590 g/mol. The minimum Gasteiger partial charge on any atom is -0.870 e. The van der Waals surface area contributed by atoms with Crippen LogP contribution in [0.25, 0.3) is 0 Å². The van der Waals surface area contributed by atoms with Gasteiger partial charge in [0.05, 0.1) is 34.3 Å². The van der Waals surface area contributed by atoms with Gasteiger partial charge in [0, 0.05) is 73.9 Å². The van der Waals surface area contributed by atoms with Gasteiger partial charge in [0.25, 0.3) is 0 Å². The molecule has 1 amide bonds. The number of benzene rings is 8. The first kappa shape index (κ1) is 103. The number of aliphatic carboxylic acids is 1. The first-order chi connectivity index (χ1) is 46.6. The number of alkyl halides is 1. The summed E-state index contributed by atoms with van der Waals surface area (Å²) in [5, 5.41) is 16.1. The summed E-state index contributed by atoms with van der Waals surface area (Å²) >= 11 is 26.6. The van der Waals surface area contributed by atoms with Gasteiger partial charge in [0.2, 0.25) is 5.91 Å². The van der Waals surface area contributed by atoms with Gasteiger partial charge in [-0.05, 0) is 151 Å². The number of halogens is 9. The Morgan fingerprint density at radius 3 is 1.08 bits per heavy atom. The molecule has 568 valence electrons. The molecule has 0 fully saturated rings. The van der Waals surface area contributed by atoms with Crippen molar-refractivity contribution in [2.75, 3.05) is 88.6 Å². The maximum Gasteiger partial charge on any atom is 1.00 e. The van der Waals surface area contributed by atoms with Crippen LogP contribution in [0.2, 0.25) is 20.1 Å². The van der Waals surface area contributed by atoms with Gasteiger partial charge in [0.1, 0.15) is 47.4 Å². The summed E-state index contributed by atoms with van der Waals surface area (Å²) in [6.07, 6.45) is 0. The number of nitrogens with one attached hydrogen (secondary N) is 2. The number of carboxylic acid groups (broad SMARTS) is 1. The zero-order valence-corrected chi connectivity index (χ0v) is 62.6. The van der Waals surface area contributed by atoms with E-state index in [9.17, 15) is 41.8 Å². The average Bonchev–Trinajstić information content (AvgIpc) is 0.839. The van der Waals surface area contributed by atoms with E-state index in [1.165, 1.54) is 74.4 Å². The second-order valence-corrected chi connectivity index (χ2v) is 24.5. The SMILES string of the molecule is BrCc1ccccc1.C.C.C.C.CC(C(=O)NCCN(C)C)N(Cc1ccccc1)c1ccc(F)c(Cl)c1.CC(C(=O)O)N(Cc1ccccc1)c1ccc(F)c(Cl)c1.CN(C)CCN.COC(=O)C(C)N(Cc1ccccc1)c1ccc(F)c(Cl)c1.COC(=O)C(C)Nc1ccc(F)c(Cl)c1.[Li+].[OH-]. The Morgan fingerprint density at radius 1 is 0.481 bits per heavy atom. The number of hydrogen-bond donors (Lipinski definition) is 4. The molecule has 8 aromatic carbocycles. The van der Waals surface area contributed by atoms with Crippen LogP contribution < -0.4 is 49.9 Å². The molecule has 0 saturated carbocycles. The Kier molecular flexibility index (Phi) is 55.5. The number of rotatable bonds is 24. The third kappa shape index (κ3) is 38.1. The minimum absolute atomic E-state index is 0. The van der Waals surface area contributed by atoms with Crippen LogP contribution in [0, 0.1) is 23.3 Å². The Labute approximate surface area is 655 Å². The van der Waals surface area contributed by atoms with E-state index < -0.39 is 59.4 Å². The molecule has 0 radical (unpaired) electrons. The van der Waals surface area contributed by atoms with Crippen LogP contribution in [-0.2, 0) is 53.6 Å². The van der Waals surface area contributed by atoms with E-state index >= 15 is 0 Å². The molecule has 0 aromatic heterocycles. The van der Waals surface area contributed by atoms with E-state index in [2.05, 4.69) is 48.3 Å². The number of hydrogen-bond acceptors (Lipinski definition) is 14. The second kappa shape index (κ2) is 56.0. The number of carbonyl (C=O) groups is 4. The number of methoxy groups -OCH3 is 2. The Bertz CT molecular complexity index is 3680. The summed E-state index contributed by atoms with van der Waals surface area (Å²) in [5.74, 6) is -3.77. The van der Waals surface area contributed by atoms with Crippen LogP contribution in [0.15, 0.2) is 194 Å². The standard InChI is InChI=1S/C20H25ClFN3O.C17H17ClFNO2.C16H15ClFNO2.C10H11ClFNO2.C7H7Br.C4H12N2.4CH4.Li.H2O/c1-15(20(26)23-11-12-24(2)3)25(14-16-7-5-4-6-8-16)17-9-10-19(22)18(21)13-17;1-12(17(21)22-2)20(11-13-6-4-3-5-7-13)14-8-9-16(19)15(18)10-14;1-11(16(20)21)19(10-12-5-3-2-4-6-12)13-7-8-15(18)14(17)9-13;1-6(10(14)15-2)13-7-3-4-9(12)8(11)5-7;8-6-7-4-2-1-3-5-7;1-6(2)4-3-5;;;;;;/h4-10,13,15H,11-12,14H2,1-3H3,(H,23,26);3-10,12H,11H2,1-2H3;2-9,11H,10H2,1H3,(H,20,21);3-6,13H,1-2H3;1-5H,6H2;3-5H2,1-2H3;4*1H4;;1H2/q;;;;;;;;;;+1;/p-1. The minimum atomic E-state index is -0.952. The van der Waals surface area contributed by atoms with Crippen molar-refractivity contribution in [3.63, 3.8) is 0 Å². The van der Waals surface area contributed by atoms with Gasteiger partial charge in [-0.15, -0.1) is 0 Å². The topological polar surface area (TPSA) is 203 Å². The number of anilines is 4. The summed E-state index contributed by atoms with van der Waals surface area (Å²) in [5.41, 5.74) is 12.1. The molecule has 104 heavy (non-hydrogen) atoms. The van der Waals surface area contributed by atoms with Crippen LogP contribution in [0.4, 0.5) is 40.3 Å². The molecular formula is C78H104BrCl4F4LiN8O8. The largest absolute Gasteiger partial charge is 1.00 e. The molecule has 0 aliphatic heterocycles. The first-order valence-corrected chi connectivity index (χ1v) is 33.5. The van der Waals surface area contributed by atoms with Crippen molar-refractivity contribution in [1.29, 1.82) is 0 Å². The quantitative estimate of drug-likeness (QED) is 0.0192. The maximum atomic E-state index is 13.6. The van der Waals surface area contributed by atoms with Crippen molar-refractivity contribution >= 4 is 109 Å². The zero-order chi connectivity index (χ0) is 72.9. The number of amides is 1. The van der Waals surface area contributed by atoms with Crippen LogP contribution in [0.5, 0.6) is 0 Å². The molecule has 16 nitrogen and oxygen atoms in total. The molecule has 6 N–H and O–H groups in total. The Hall–Kier alpha value is -7.36. The van der Waals surface area contributed by atoms with Crippen LogP contribution in [-0.4, -0.2) is 137 Å². The molecule has 0 aliphatic carbocycles. The predicted molar refractivity (Wildman–Crippen MR) is 424 cm³/mol. The molecule has 0 saturated heterocycles. The van der Waals surface area contributed by atoms with Crippen LogP contribution in [0.3, 0.4) is 0 Å². The zero-order valence-electron chi connectivity index (χ0n) is 58.0. The molecule has 0 bridgehead atoms. The van der Waals surface area contributed by atoms with Crippen molar-refractivity contribution in [3.8, 4) is 0 Å². The number of carboxylic acids is 1. The normalized spacial score (nSPS) is 10.9. The van der Waals surface area contributed by atoms with Gasteiger partial charge in [-0.1, -0.05) is 213 Å². The summed E-state index contributed by atoms with van der Waals surface area (Å²) in [7, 11) is 10.6. The van der Waals surface area contributed by atoms with Gasteiger partial charge in [0.15, 0.2) is 0 Å². The number of carbonyl (C=O) groups excluding carboxylic acids is 3. The third-order valence-electron chi connectivity index (χ3n) is 14.3. The molecular weight excluding hydrogens is 1480 g/mol. The number of likely N-dealkylation sites (N-methyl/N-ethyl adjacent to an activating group) is 2. The summed E-state index contributed by atoms with van der Waals surface area (Å²) in [6, 6.07) is 54.4. The van der Waals surface area contributed by atoms with Crippen LogP contribution >= 0.6 is 62.3 Å². The van der Waals surface area contributed by atoms with Crippen molar-refractivity contribution in [3.05, 3.63) is 260 Å². The molecule has 8 aromatic rings. The van der Waals surface area contributed by atoms with E-state index in [0.717, 1.165) is 41.7 Å². The van der Waals surface area contributed by atoms with E-state index in [4.69, 9.17) is 56.9 Å². The predicted octanol–water partition coefficient (Wildman–Crippen LogP) is 15.5. The Balaban J connectivity index is -0.000000597. The van der Waals surface area contributed by atoms with Gasteiger partial charge in [-0.2, -0.15) is 0 Å². The van der Waals surface area contributed by atoms with Crippen molar-refractivity contribution < 1.29 is 75.7 Å². The van der Waals surface area contributed by atoms with Crippen molar-refractivity contribution in [2.24, 2.45) is 5.73 Å². The van der Waals surface area contributed by atoms with Gasteiger partial charge in [-0.25, -0.2) is 31.9 Å². The molecule has 0 heterocycles. The number of ether oxygens (including phenoxy) is 2. The van der Waals surface area contributed by atoms with Gasteiger partial charge >= 0.3 is 36.8 Å². The van der Waals surface area contributed by atoms with Crippen molar-refractivity contribution in [2.45, 2.75) is 107 Å². The Morgan fingerprint density at radius 2 is 0.798 bits per heavy atom. The van der Waals surface area contributed by atoms with Crippen LogP contribution in [0.1, 0.15) is 79.7 Å². The van der Waals surface area contributed by atoms with E-state index in [0.29, 0.717) is 48.9 Å². The molecule has 4 unspecified atom stereocenters. The fourth-order valence-corrected chi connectivity index (χ4v) is 9.79. The summed E-state index contributed by atoms with van der Waals surface area (Å²) in [6.45, 7) is 11.3. The molecule has 0 spiro atoms. The molecule has 0 aliphatic rings. The first-order valence-electron chi connectivity index (χ1n) is 30.9. The monoisotopic (exact) mass is 1580 g/mol. The number of nitrogens with two attached hydrogens (primary N) is 1. The fourth-order valence-electron chi connectivity index (χ4n) is 8.71. The second-order valence-electron chi connectivity index (χ2n) is 22.3.